The second-order valence-electron chi connectivity index (χ2n) is 9.16. The molecule has 3 rings (SSSR count). The molecule has 9 heteroatoms. The predicted molar refractivity (Wildman–Crippen MR) is 135 cm³/mol. The predicted octanol–water partition coefficient (Wildman–Crippen LogP) is 6.02. The average Bonchev–Trinajstić information content (AvgIpc) is 3.21. The molecule has 1 aliphatic carbocycles. The van der Waals surface area contributed by atoms with E-state index in [1.54, 1.807) is 7.11 Å². The number of methoxy groups -OCH3 is 2. The molecule has 7 nitrogen and oxygen atoms in total. The zero-order chi connectivity index (χ0) is 24.0. The van der Waals surface area contributed by atoms with Gasteiger partial charge in [-0.3, -0.25) is 4.79 Å². The first-order valence-electron chi connectivity index (χ1n) is 11.6. The number of halogens is 1. The van der Waals surface area contributed by atoms with Gasteiger partial charge >= 0.3 is 5.97 Å². The topological polar surface area (TPSA) is 76.6 Å². The number of esters is 1. The van der Waals surface area contributed by atoms with E-state index in [4.69, 9.17) is 21.1 Å². The van der Waals surface area contributed by atoms with Crippen LogP contribution in [0.2, 0.25) is 5.28 Å². The molecule has 0 amide bonds. The van der Waals surface area contributed by atoms with Crippen LogP contribution < -0.4 is 10.2 Å². The number of hydrogen-bond donors (Lipinski definition) is 1. The van der Waals surface area contributed by atoms with Crippen molar-refractivity contribution in [2.45, 2.75) is 70.9 Å². The standard InChI is InChI=1S/C24H35ClN4O3S/c1-15(2)14-29(18-7-9-19(31-4)10-8-18)21-11-6-17(16(3)12-22(30)32-5)13-20(21)26-24-27-23(25)28-33-24/h6,11,13,15-16,18-19H,7-10,12,14H2,1-5H3,(H,26,27,28)/t16-,18-,19-/m1/s1. The van der Waals surface area contributed by atoms with Crippen LogP contribution in [0.1, 0.15) is 64.4 Å². The molecule has 0 radical (unpaired) electrons. The van der Waals surface area contributed by atoms with Crippen LogP contribution in [0.4, 0.5) is 16.5 Å². The molecule has 0 aliphatic heterocycles. The van der Waals surface area contributed by atoms with Crippen molar-refractivity contribution in [2.24, 2.45) is 5.92 Å². The van der Waals surface area contributed by atoms with Crippen molar-refractivity contribution < 1.29 is 14.3 Å². The minimum Gasteiger partial charge on any atom is -0.469 e. The summed E-state index contributed by atoms with van der Waals surface area (Å²) >= 11 is 7.21. The number of anilines is 3. The lowest BCUT2D eigenvalue weighted by atomic mass is 9.90. The summed E-state index contributed by atoms with van der Waals surface area (Å²) in [5, 5.41) is 4.32. The van der Waals surface area contributed by atoms with Crippen molar-refractivity contribution in [1.82, 2.24) is 9.36 Å². The number of ether oxygens (including phenoxy) is 2. The fourth-order valence-electron chi connectivity index (χ4n) is 4.46. The van der Waals surface area contributed by atoms with Gasteiger partial charge in [-0.05, 0) is 66.8 Å². The van der Waals surface area contributed by atoms with E-state index in [1.165, 1.54) is 18.6 Å². The average molecular weight is 495 g/mol. The minimum absolute atomic E-state index is 0.0285. The molecule has 0 bridgehead atoms. The molecule has 1 heterocycles. The Kier molecular flexibility index (Phi) is 9.35. The lowest BCUT2D eigenvalue weighted by Gasteiger charge is -2.40. The summed E-state index contributed by atoms with van der Waals surface area (Å²) in [6.45, 7) is 7.48. The van der Waals surface area contributed by atoms with Crippen molar-refractivity contribution in [2.75, 3.05) is 31.0 Å². The van der Waals surface area contributed by atoms with Crippen LogP contribution in [0.25, 0.3) is 0 Å². The second-order valence-corrected chi connectivity index (χ2v) is 10.3. The number of aromatic nitrogens is 2. The number of nitrogens with zero attached hydrogens (tertiary/aromatic N) is 3. The number of carbonyl (C=O) groups is 1. The fourth-order valence-corrected chi connectivity index (χ4v) is 5.19. The molecule has 1 aromatic carbocycles. The maximum atomic E-state index is 11.8. The summed E-state index contributed by atoms with van der Waals surface area (Å²) in [4.78, 5) is 18.7. The summed E-state index contributed by atoms with van der Waals surface area (Å²) in [6.07, 6.45) is 5.00. The van der Waals surface area contributed by atoms with Gasteiger partial charge < -0.3 is 19.7 Å². The molecule has 1 aliphatic rings. The van der Waals surface area contributed by atoms with Crippen LogP contribution in [0.15, 0.2) is 18.2 Å². The van der Waals surface area contributed by atoms with Crippen molar-refractivity contribution >= 4 is 45.6 Å². The molecule has 1 saturated carbocycles. The van der Waals surface area contributed by atoms with E-state index in [1.807, 2.05) is 6.92 Å². The number of nitrogens with one attached hydrogen (secondary N) is 1. The normalized spacial score (nSPS) is 19.4. The molecule has 0 unspecified atom stereocenters. The second kappa shape index (κ2) is 12.0. The van der Waals surface area contributed by atoms with E-state index in [-0.39, 0.29) is 17.2 Å². The number of hydrogen-bond acceptors (Lipinski definition) is 8. The first-order chi connectivity index (χ1) is 15.8. The van der Waals surface area contributed by atoms with E-state index in [0.29, 0.717) is 29.6 Å². The van der Waals surface area contributed by atoms with E-state index in [2.05, 4.69) is 51.6 Å². The Labute approximate surface area is 206 Å². The third-order valence-corrected chi connectivity index (χ3v) is 7.12. The highest BCUT2D eigenvalue weighted by Crippen LogP contribution is 2.38. The minimum atomic E-state index is -0.215. The van der Waals surface area contributed by atoms with Crippen molar-refractivity contribution in [1.29, 1.82) is 0 Å². The van der Waals surface area contributed by atoms with Crippen molar-refractivity contribution in [3.63, 3.8) is 0 Å². The van der Waals surface area contributed by atoms with Crippen molar-refractivity contribution in [3.8, 4) is 0 Å². The fraction of sp³-hybridized carbons (Fsp3) is 0.625. The van der Waals surface area contributed by atoms with E-state index in [9.17, 15) is 4.79 Å². The Morgan fingerprint density at radius 1 is 1.24 bits per heavy atom. The van der Waals surface area contributed by atoms with Gasteiger partial charge in [-0.25, -0.2) is 0 Å². The summed E-state index contributed by atoms with van der Waals surface area (Å²) in [7, 11) is 3.23. The van der Waals surface area contributed by atoms with E-state index < -0.39 is 0 Å². The Morgan fingerprint density at radius 2 is 1.97 bits per heavy atom. The molecule has 1 aromatic heterocycles. The molecule has 2 aromatic rings. The molecule has 33 heavy (non-hydrogen) atoms. The van der Waals surface area contributed by atoms with Crippen LogP contribution in [-0.4, -0.2) is 48.2 Å². The van der Waals surface area contributed by atoms with Gasteiger partial charge in [0.15, 0.2) is 0 Å². The van der Waals surface area contributed by atoms with Gasteiger partial charge in [0.1, 0.15) is 0 Å². The first-order valence-corrected chi connectivity index (χ1v) is 12.7. The first kappa shape index (κ1) is 25.7. The smallest absolute Gasteiger partial charge is 0.306 e. The highest BCUT2D eigenvalue weighted by atomic mass is 35.5. The highest BCUT2D eigenvalue weighted by Gasteiger charge is 2.28. The van der Waals surface area contributed by atoms with E-state index in [0.717, 1.165) is 49.2 Å². The summed E-state index contributed by atoms with van der Waals surface area (Å²) < 4.78 is 14.6. The summed E-state index contributed by atoms with van der Waals surface area (Å²) in [5.41, 5.74) is 3.14. The van der Waals surface area contributed by atoms with Gasteiger partial charge in [-0.15, -0.1) is 0 Å². The zero-order valence-electron chi connectivity index (χ0n) is 20.1. The molecule has 0 saturated heterocycles. The highest BCUT2D eigenvalue weighted by molar-refractivity contribution is 7.10. The van der Waals surface area contributed by atoms with Crippen LogP contribution >= 0.6 is 23.1 Å². The summed E-state index contributed by atoms with van der Waals surface area (Å²) in [5.74, 6) is 0.320. The number of rotatable bonds is 10. The Balaban J connectivity index is 1.96. The van der Waals surface area contributed by atoms with Gasteiger partial charge in [0.05, 0.1) is 31.0 Å². The molecule has 1 N–H and O–H groups in total. The van der Waals surface area contributed by atoms with Crippen molar-refractivity contribution in [3.05, 3.63) is 29.0 Å². The van der Waals surface area contributed by atoms with Gasteiger partial charge in [-0.1, -0.05) is 26.8 Å². The van der Waals surface area contributed by atoms with Crippen LogP contribution in [0.3, 0.4) is 0 Å². The molecule has 182 valence electrons. The third-order valence-electron chi connectivity index (χ3n) is 6.22. The zero-order valence-corrected chi connectivity index (χ0v) is 21.7. The number of carbonyl (C=O) groups excluding carboxylic acids is 1. The van der Waals surface area contributed by atoms with Gasteiger partial charge in [0.2, 0.25) is 10.4 Å². The van der Waals surface area contributed by atoms with Crippen LogP contribution in [0, 0.1) is 5.92 Å². The van der Waals surface area contributed by atoms with Crippen LogP contribution in [0.5, 0.6) is 0 Å². The van der Waals surface area contributed by atoms with Crippen LogP contribution in [-0.2, 0) is 14.3 Å². The lowest BCUT2D eigenvalue weighted by molar-refractivity contribution is -0.140. The summed E-state index contributed by atoms with van der Waals surface area (Å²) in [6, 6.07) is 6.84. The lowest BCUT2D eigenvalue weighted by Crippen LogP contribution is -2.41. The quantitative estimate of drug-likeness (QED) is 0.404. The maximum Gasteiger partial charge on any atom is 0.306 e. The van der Waals surface area contributed by atoms with E-state index >= 15 is 0 Å². The maximum absolute atomic E-state index is 11.8. The third kappa shape index (κ3) is 7.04. The van der Waals surface area contributed by atoms with Gasteiger partial charge in [0.25, 0.3) is 0 Å². The molecule has 1 fully saturated rings. The Hall–Kier alpha value is -1.90. The number of benzene rings is 1. The van der Waals surface area contributed by atoms with Gasteiger partial charge in [0, 0.05) is 31.2 Å². The Bertz CT molecular complexity index is 915. The molecule has 1 atom stereocenters. The monoisotopic (exact) mass is 494 g/mol. The molecular formula is C24H35ClN4O3S. The molecular weight excluding hydrogens is 460 g/mol. The Morgan fingerprint density at radius 3 is 2.55 bits per heavy atom. The SMILES string of the molecule is COC(=O)C[C@@H](C)c1ccc(N(CC(C)C)[C@H]2CC[C@H](OC)CC2)c(Nc2nc(Cl)ns2)c1. The van der Waals surface area contributed by atoms with Gasteiger partial charge in [-0.2, -0.15) is 9.36 Å². The molecule has 0 spiro atoms. The largest absolute Gasteiger partial charge is 0.469 e.